The van der Waals surface area contributed by atoms with E-state index < -0.39 is 18.0 Å². The third kappa shape index (κ3) is 8.51. The maximum absolute atomic E-state index is 13.3. The van der Waals surface area contributed by atoms with Crippen LogP contribution in [-0.4, -0.2) is 36.4 Å². The van der Waals surface area contributed by atoms with Crippen molar-refractivity contribution in [2.24, 2.45) is 5.10 Å². The lowest BCUT2D eigenvalue weighted by Gasteiger charge is -2.17. The lowest BCUT2D eigenvalue weighted by Crippen LogP contribution is -2.47. The minimum absolute atomic E-state index is 0.0568. The highest BCUT2D eigenvalue weighted by atomic mass is 35.5. The zero-order valence-electron chi connectivity index (χ0n) is 24.6. The van der Waals surface area contributed by atoms with Gasteiger partial charge in [-0.15, -0.1) is 0 Å². The minimum Gasteiger partial charge on any atom is -0.493 e. The number of rotatable bonds is 12. The van der Waals surface area contributed by atoms with E-state index in [9.17, 15) is 9.59 Å². The quantitative estimate of drug-likeness (QED) is 0.0924. The molecule has 3 N–H and O–H groups in total. The number of aromatic amines is 1. The summed E-state index contributed by atoms with van der Waals surface area (Å²) in [5.41, 5.74) is 6.33. The van der Waals surface area contributed by atoms with Gasteiger partial charge in [-0.3, -0.25) is 4.79 Å². The number of halogens is 3. The molecule has 0 fully saturated rings. The van der Waals surface area contributed by atoms with Crippen LogP contribution in [0, 0.1) is 0 Å². The number of nitrogens with zero attached hydrogens (tertiary/aromatic N) is 1. The Morgan fingerprint density at radius 2 is 1.70 bits per heavy atom. The summed E-state index contributed by atoms with van der Waals surface area (Å²) in [6, 6.07) is 24.3. The Balaban J connectivity index is 1.27. The van der Waals surface area contributed by atoms with E-state index in [0.717, 1.165) is 27.6 Å². The number of nitrogens with one attached hydrogen (secondary N) is 3. The highest BCUT2D eigenvalue weighted by Crippen LogP contribution is 2.37. The molecule has 0 radical (unpaired) electrons. The topological polar surface area (TPSA) is 114 Å². The van der Waals surface area contributed by atoms with Gasteiger partial charge in [-0.2, -0.15) is 5.10 Å². The van der Waals surface area contributed by atoms with Crippen molar-refractivity contribution in [3.05, 3.63) is 128 Å². The molecule has 1 heterocycles. The van der Waals surface area contributed by atoms with Gasteiger partial charge in [0.1, 0.15) is 19.3 Å². The monoisotopic (exact) mass is 678 g/mol. The summed E-state index contributed by atoms with van der Waals surface area (Å²) >= 11 is 18.8. The summed E-state index contributed by atoms with van der Waals surface area (Å²) in [6.07, 6.45) is 2.67. The summed E-state index contributed by atoms with van der Waals surface area (Å²) in [5.74, 6) is 0.120. The molecule has 1 atom stereocenters. The number of hydrogen-bond donors (Lipinski definition) is 3. The fraction of sp³-hybridized carbons (Fsp3) is 0.147. The van der Waals surface area contributed by atoms with E-state index in [-0.39, 0.29) is 24.7 Å². The van der Waals surface area contributed by atoms with Crippen molar-refractivity contribution >= 4 is 63.9 Å². The number of para-hydroxylation sites is 1. The van der Waals surface area contributed by atoms with E-state index in [1.54, 1.807) is 30.3 Å². The maximum atomic E-state index is 13.3. The van der Waals surface area contributed by atoms with Crippen LogP contribution < -0.4 is 20.2 Å². The van der Waals surface area contributed by atoms with E-state index in [2.05, 4.69) is 20.8 Å². The zero-order valence-corrected chi connectivity index (χ0v) is 26.8. The van der Waals surface area contributed by atoms with E-state index in [0.29, 0.717) is 27.1 Å². The number of fused-ring (bicyclic) bond motifs is 1. The van der Waals surface area contributed by atoms with Crippen LogP contribution in [0.25, 0.3) is 10.9 Å². The van der Waals surface area contributed by atoms with Crippen LogP contribution in [0.5, 0.6) is 11.5 Å². The number of hydrogen-bond acceptors (Lipinski definition) is 6. The molecule has 5 rings (SSSR count). The number of hydrazone groups is 1. The highest BCUT2D eigenvalue weighted by molar-refractivity contribution is 6.35. The molecule has 1 aromatic heterocycles. The van der Waals surface area contributed by atoms with Gasteiger partial charge in [0.2, 0.25) is 0 Å². The number of amides is 2. The number of alkyl carbamates (subject to hydrolysis) is 1. The largest absolute Gasteiger partial charge is 0.493 e. The van der Waals surface area contributed by atoms with Gasteiger partial charge in [0.05, 0.1) is 18.3 Å². The van der Waals surface area contributed by atoms with Crippen LogP contribution in [0.3, 0.4) is 0 Å². The first-order chi connectivity index (χ1) is 22.3. The van der Waals surface area contributed by atoms with Gasteiger partial charge < -0.3 is 24.5 Å². The van der Waals surface area contributed by atoms with E-state index in [1.807, 2.05) is 60.8 Å². The number of aromatic nitrogens is 1. The van der Waals surface area contributed by atoms with Gasteiger partial charge >= 0.3 is 6.09 Å². The van der Waals surface area contributed by atoms with Gasteiger partial charge in [-0.25, -0.2) is 10.2 Å². The average molecular weight is 680 g/mol. The first-order valence-corrected chi connectivity index (χ1v) is 15.2. The lowest BCUT2D eigenvalue weighted by molar-refractivity contribution is -0.123. The van der Waals surface area contributed by atoms with Crippen molar-refractivity contribution in [1.82, 2.24) is 15.7 Å². The Morgan fingerprint density at radius 1 is 0.913 bits per heavy atom. The third-order valence-corrected chi connectivity index (χ3v) is 7.82. The number of ether oxygens (including phenoxy) is 3. The molecule has 12 heteroatoms. The van der Waals surface area contributed by atoms with Crippen molar-refractivity contribution in [1.29, 1.82) is 0 Å². The molecule has 0 saturated heterocycles. The minimum atomic E-state index is -0.992. The molecular formula is C34H29Cl3N4O5. The molecule has 2 amide bonds. The van der Waals surface area contributed by atoms with E-state index >= 15 is 0 Å². The molecule has 46 heavy (non-hydrogen) atoms. The van der Waals surface area contributed by atoms with Gasteiger partial charge in [0.25, 0.3) is 5.91 Å². The molecule has 5 aromatic rings. The van der Waals surface area contributed by atoms with Crippen molar-refractivity contribution in [2.45, 2.75) is 25.7 Å². The Morgan fingerprint density at radius 3 is 2.48 bits per heavy atom. The van der Waals surface area contributed by atoms with E-state index in [4.69, 9.17) is 49.0 Å². The average Bonchev–Trinajstić information content (AvgIpc) is 3.46. The molecule has 236 valence electrons. The smallest absolute Gasteiger partial charge is 0.408 e. The predicted octanol–water partition coefficient (Wildman–Crippen LogP) is 7.70. The van der Waals surface area contributed by atoms with Gasteiger partial charge in [-0.05, 0) is 47.0 Å². The fourth-order valence-electron chi connectivity index (χ4n) is 4.63. The second kappa shape index (κ2) is 15.5. The molecule has 0 saturated carbocycles. The van der Waals surface area contributed by atoms with Crippen LogP contribution in [0.4, 0.5) is 4.79 Å². The number of carbonyl (C=O) groups excluding carboxylic acids is 2. The van der Waals surface area contributed by atoms with Crippen LogP contribution in [0.2, 0.25) is 15.1 Å². The first-order valence-electron chi connectivity index (χ1n) is 14.1. The maximum Gasteiger partial charge on any atom is 0.408 e. The lowest BCUT2D eigenvalue weighted by atomic mass is 10.0. The third-order valence-electron chi connectivity index (χ3n) is 6.95. The van der Waals surface area contributed by atoms with Crippen LogP contribution in [0.15, 0.2) is 96.2 Å². The summed E-state index contributed by atoms with van der Waals surface area (Å²) in [6.45, 7) is 0.190. The van der Waals surface area contributed by atoms with Crippen molar-refractivity contribution in [3.8, 4) is 11.5 Å². The molecule has 0 aliphatic heterocycles. The molecule has 9 nitrogen and oxygen atoms in total. The summed E-state index contributed by atoms with van der Waals surface area (Å²) in [7, 11) is 1.48. The van der Waals surface area contributed by atoms with Crippen LogP contribution in [-0.2, 0) is 29.2 Å². The molecule has 0 spiro atoms. The molecule has 0 unspecified atom stereocenters. The normalized spacial score (nSPS) is 11.7. The van der Waals surface area contributed by atoms with Crippen LogP contribution in [0.1, 0.15) is 22.3 Å². The fourth-order valence-corrected chi connectivity index (χ4v) is 5.36. The Hall–Kier alpha value is -4.70. The number of H-pyrrole nitrogens is 1. The van der Waals surface area contributed by atoms with Gasteiger partial charge in [0.15, 0.2) is 11.5 Å². The van der Waals surface area contributed by atoms with Crippen LogP contribution >= 0.6 is 34.8 Å². The van der Waals surface area contributed by atoms with Crippen molar-refractivity contribution < 1.29 is 23.8 Å². The molecular weight excluding hydrogens is 651 g/mol. The number of methoxy groups -OCH3 is 1. The summed E-state index contributed by atoms with van der Waals surface area (Å²) < 4.78 is 16.8. The number of benzene rings is 4. The van der Waals surface area contributed by atoms with Crippen molar-refractivity contribution in [3.63, 3.8) is 0 Å². The molecule has 0 bridgehead atoms. The summed E-state index contributed by atoms with van der Waals surface area (Å²) in [5, 5.41) is 8.95. The number of carbonyl (C=O) groups is 2. The second-order valence-electron chi connectivity index (χ2n) is 10.1. The summed E-state index contributed by atoms with van der Waals surface area (Å²) in [4.78, 5) is 29.2. The second-order valence-corrected chi connectivity index (χ2v) is 11.4. The van der Waals surface area contributed by atoms with Gasteiger partial charge in [0, 0.05) is 39.1 Å². The van der Waals surface area contributed by atoms with Crippen molar-refractivity contribution in [2.75, 3.05) is 7.11 Å². The Labute approximate surface area is 280 Å². The molecule has 4 aromatic carbocycles. The molecule has 0 aliphatic rings. The Bertz CT molecular complexity index is 1860. The Kier molecular flexibility index (Phi) is 11.0. The SMILES string of the molecule is COc1cc(/C=N\NC(=O)[C@H](Cc2c[nH]c3ccccc23)NC(=O)OCc2ccccc2)cc(Cl)c1OCc1ccc(Cl)cc1Cl. The standard InChI is InChI=1S/C34H29Cl3N4O5/c1-44-31-14-22(13-28(37)32(31)45-20-23-11-12-25(35)16-27(23)36)17-39-41-33(42)30(15-24-18-38-29-10-6-5-9-26(24)29)40-34(43)46-19-21-7-3-2-4-8-21/h2-14,16-18,30,38H,15,19-20H2,1H3,(H,40,43)(H,41,42)/b39-17-/t30-/m0/s1. The zero-order chi connectivity index (χ0) is 32.5. The first kappa shape index (κ1) is 32.7. The van der Waals surface area contributed by atoms with Gasteiger partial charge in [-0.1, -0.05) is 89.4 Å². The molecule has 0 aliphatic carbocycles. The van der Waals surface area contributed by atoms with E-state index in [1.165, 1.54) is 13.3 Å². The highest BCUT2D eigenvalue weighted by Gasteiger charge is 2.23. The predicted molar refractivity (Wildman–Crippen MR) is 180 cm³/mol.